The van der Waals surface area contributed by atoms with E-state index in [1.54, 1.807) is 29.2 Å². The maximum Gasteiger partial charge on any atom is 0.286 e. The Morgan fingerprint density at radius 1 is 1.16 bits per heavy atom. The standard InChI is InChI=1S/C23H23ClN4O3S/c1-15-4-8-18(9-5-15)25-21(30)23-27-26-22(32-23)16-3-2-12-28(13-16)20(29)14-31-19-10-6-17(24)7-11-19/h4-11,16H,2-3,12-14H2,1H3,(H,25,30)/t16-/m1/s1. The average Bonchev–Trinajstić information content (AvgIpc) is 3.31. The second kappa shape index (κ2) is 10.1. The number of anilines is 1. The van der Waals surface area contributed by atoms with Crippen molar-refractivity contribution in [2.24, 2.45) is 0 Å². The number of nitrogens with zero attached hydrogens (tertiary/aromatic N) is 3. The van der Waals surface area contributed by atoms with E-state index in [0.29, 0.717) is 34.6 Å². The van der Waals surface area contributed by atoms with Crippen LogP contribution in [-0.2, 0) is 4.79 Å². The van der Waals surface area contributed by atoms with Crippen LogP contribution >= 0.6 is 22.9 Å². The summed E-state index contributed by atoms with van der Waals surface area (Å²) in [4.78, 5) is 26.9. The zero-order valence-corrected chi connectivity index (χ0v) is 19.2. The topological polar surface area (TPSA) is 84.4 Å². The molecule has 1 aliphatic heterocycles. The average molecular weight is 471 g/mol. The molecule has 3 aromatic rings. The summed E-state index contributed by atoms with van der Waals surface area (Å²) in [7, 11) is 0. The number of ether oxygens (including phenoxy) is 1. The van der Waals surface area contributed by atoms with Gasteiger partial charge in [0, 0.05) is 29.7 Å². The van der Waals surface area contributed by atoms with Crippen LogP contribution in [0.15, 0.2) is 48.5 Å². The van der Waals surface area contributed by atoms with Crippen molar-refractivity contribution in [3.05, 3.63) is 69.1 Å². The third kappa shape index (κ3) is 5.63. The molecule has 32 heavy (non-hydrogen) atoms. The van der Waals surface area contributed by atoms with E-state index in [1.807, 2.05) is 31.2 Å². The predicted octanol–water partition coefficient (Wildman–Crippen LogP) is 4.54. The van der Waals surface area contributed by atoms with Crippen LogP contribution in [0.4, 0.5) is 5.69 Å². The SMILES string of the molecule is Cc1ccc(NC(=O)c2nnc([C@@H]3CCCN(C(=O)COc4ccc(Cl)cc4)C3)s2)cc1. The normalized spacial score (nSPS) is 15.9. The number of aryl methyl sites for hydroxylation is 1. The van der Waals surface area contributed by atoms with E-state index < -0.39 is 0 Å². The fraction of sp³-hybridized carbons (Fsp3) is 0.304. The third-order valence-electron chi connectivity index (χ3n) is 5.24. The Morgan fingerprint density at radius 3 is 2.66 bits per heavy atom. The Hall–Kier alpha value is -2.97. The van der Waals surface area contributed by atoms with Crippen molar-refractivity contribution >= 4 is 40.4 Å². The number of aromatic nitrogens is 2. The van der Waals surface area contributed by atoms with Crippen molar-refractivity contribution in [3.8, 4) is 5.75 Å². The Balaban J connectivity index is 1.33. The molecule has 0 aliphatic carbocycles. The van der Waals surface area contributed by atoms with E-state index >= 15 is 0 Å². The van der Waals surface area contributed by atoms with Crippen LogP contribution in [-0.4, -0.2) is 46.6 Å². The molecule has 0 saturated carbocycles. The molecule has 0 unspecified atom stereocenters. The maximum absolute atomic E-state index is 12.6. The van der Waals surface area contributed by atoms with Crippen LogP contribution in [0.1, 0.15) is 39.1 Å². The molecule has 1 fully saturated rings. The van der Waals surface area contributed by atoms with Crippen molar-refractivity contribution in [2.75, 3.05) is 25.0 Å². The first kappa shape index (κ1) is 22.2. The molecule has 166 valence electrons. The summed E-state index contributed by atoms with van der Waals surface area (Å²) in [6.45, 7) is 3.18. The number of carbonyl (C=O) groups is 2. The van der Waals surface area contributed by atoms with Crippen LogP contribution in [0.25, 0.3) is 0 Å². The fourth-order valence-corrected chi connectivity index (χ4v) is 4.48. The maximum atomic E-state index is 12.6. The smallest absolute Gasteiger partial charge is 0.286 e. The van der Waals surface area contributed by atoms with Gasteiger partial charge in [-0.15, -0.1) is 10.2 Å². The number of halogens is 1. The number of carbonyl (C=O) groups excluding carboxylic acids is 2. The lowest BCUT2D eigenvalue weighted by atomic mass is 9.99. The van der Waals surface area contributed by atoms with Crippen molar-refractivity contribution < 1.29 is 14.3 Å². The Labute approximate surface area is 195 Å². The number of amides is 2. The lowest BCUT2D eigenvalue weighted by molar-refractivity contribution is -0.134. The molecule has 0 radical (unpaired) electrons. The van der Waals surface area contributed by atoms with Gasteiger partial charge in [0.05, 0.1) is 0 Å². The predicted molar refractivity (Wildman–Crippen MR) is 125 cm³/mol. The molecule has 1 N–H and O–H groups in total. The first-order valence-electron chi connectivity index (χ1n) is 10.4. The molecule has 1 aliphatic rings. The van der Waals surface area contributed by atoms with Gasteiger partial charge < -0.3 is 15.0 Å². The highest BCUT2D eigenvalue weighted by atomic mass is 35.5. The van der Waals surface area contributed by atoms with Gasteiger partial charge in [0.1, 0.15) is 10.8 Å². The monoisotopic (exact) mass is 470 g/mol. The summed E-state index contributed by atoms with van der Waals surface area (Å²) in [6, 6.07) is 14.5. The van der Waals surface area contributed by atoms with Crippen molar-refractivity contribution in [1.82, 2.24) is 15.1 Å². The highest BCUT2D eigenvalue weighted by Crippen LogP contribution is 2.29. The molecular weight excluding hydrogens is 448 g/mol. The van der Waals surface area contributed by atoms with Gasteiger partial charge in [-0.25, -0.2) is 0 Å². The number of rotatable bonds is 6. The molecule has 2 heterocycles. The van der Waals surface area contributed by atoms with E-state index in [0.717, 1.165) is 23.4 Å². The molecule has 1 aromatic heterocycles. The zero-order valence-electron chi connectivity index (χ0n) is 17.6. The Morgan fingerprint density at radius 2 is 1.91 bits per heavy atom. The molecule has 4 rings (SSSR count). The lowest BCUT2D eigenvalue weighted by Gasteiger charge is -2.31. The summed E-state index contributed by atoms with van der Waals surface area (Å²) >= 11 is 7.15. The number of likely N-dealkylation sites (tertiary alicyclic amines) is 1. The minimum absolute atomic E-state index is 0.0331. The fourth-order valence-electron chi connectivity index (χ4n) is 3.49. The Kier molecular flexibility index (Phi) is 7.02. The largest absolute Gasteiger partial charge is 0.484 e. The van der Waals surface area contributed by atoms with Gasteiger partial charge in [-0.05, 0) is 56.2 Å². The highest BCUT2D eigenvalue weighted by molar-refractivity contribution is 7.13. The van der Waals surface area contributed by atoms with Gasteiger partial charge in [-0.1, -0.05) is 40.6 Å². The molecule has 0 spiro atoms. The second-order valence-corrected chi connectivity index (χ2v) is 9.13. The van der Waals surface area contributed by atoms with Crippen LogP contribution in [0, 0.1) is 6.92 Å². The molecular formula is C23H23ClN4O3S. The zero-order chi connectivity index (χ0) is 22.5. The summed E-state index contributed by atoms with van der Waals surface area (Å²) < 4.78 is 5.59. The number of hydrogen-bond acceptors (Lipinski definition) is 6. The minimum Gasteiger partial charge on any atom is -0.484 e. The van der Waals surface area contributed by atoms with E-state index in [9.17, 15) is 9.59 Å². The van der Waals surface area contributed by atoms with Gasteiger partial charge in [-0.2, -0.15) is 0 Å². The summed E-state index contributed by atoms with van der Waals surface area (Å²) in [6.07, 6.45) is 1.76. The highest BCUT2D eigenvalue weighted by Gasteiger charge is 2.28. The van der Waals surface area contributed by atoms with E-state index in [1.165, 1.54) is 11.3 Å². The van der Waals surface area contributed by atoms with E-state index in [2.05, 4.69) is 15.5 Å². The molecule has 0 bridgehead atoms. The van der Waals surface area contributed by atoms with Crippen molar-refractivity contribution in [3.63, 3.8) is 0 Å². The summed E-state index contributed by atoms with van der Waals surface area (Å²) in [5.74, 6) is 0.301. The molecule has 2 amide bonds. The van der Waals surface area contributed by atoms with Crippen molar-refractivity contribution in [1.29, 1.82) is 0 Å². The second-order valence-electron chi connectivity index (χ2n) is 7.69. The van der Waals surface area contributed by atoms with Crippen molar-refractivity contribution in [2.45, 2.75) is 25.7 Å². The van der Waals surface area contributed by atoms with Crippen LogP contribution in [0.3, 0.4) is 0 Å². The first-order chi connectivity index (χ1) is 15.5. The minimum atomic E-state index is -0.280. The van der Waals surface area contributed by atoms with Gasteiger partial charge in [0.15, 0.2) is 6.61 Å². The summed E-state index contributed by atoms with van der Waals surface area (Å²) in [5.41, 5.74) is 1.84. The molecule has 1 saturated heterocycles. The quantitative estimate of drug-likeness (QED) is 0.571. The molecule has 1 atom stereocenters. The van der Waals surface area contributed by atoms with E-state index in [-0.39, 0.29) is 24.3 Å². The van der Waals surface area contributed by atoms with E-state index in [4.69, 9.17) is 16.3 Å². The molecule has 7 nitrogen and oxygen atoms in total. The van der Waals surface area contributed by atoms with Gasteiger partial charge in [0.25, 0.3) is 11.8 Å². The van der Waals surface area contributed by atoms with Crippen LogP contribution in [0.5, 0.6) is 5.75 Å². The lowest BCUT2D eigenvalue weighted by Crippen LogP contribution is -2.41. The number of hydrogen-bond donors (Lipinski definition) is 1. The van der Waals surface area contributed by atoms with Gasteiger partial charge in [-0.3, -0.25) is 9.59 Å². The van der Waals surface area contributed by atoms with Crippen LogP contribution in [0.2, 0.25) is 5.02 Å². The number of piperidine rings is 1. The first-order valence-corrected chi connectivity index (χ1v) is 11.5. The number of nitrogens with one attached hydrogen (secondary N) is 1. The van der Waals surface area contributed by atoms with Crippen LogP contribution < -0.4 is 10.1 Å². The Bertz CT molecular complexity index is 1090. The molecule has 9 heteroatoms. The number of benzene rings is 2. The summed E-state index contributed by atoms with van der Waals surface area (Å²) in [5, 5.41) is 12.9. The van der Waals surface area contributed by atoms with Gasteiger partial charge in [0.2, 0.25) is 5.01 Å². The third-order valence-corrected chi connectivity index (χ3v) is 6.58. The van der Waals surface area contributed by atoms with Gasteiger partial charge >= 0.3 is 0 Å². The molecule has 2 aromatic carbocycles.